The quantitative estimate of drug-likeness (QED) is 0.911. The Morgan fingerprint density at radius 1 is 1.12 bits per heavy atom. The Hall–Kier alpha value is -2.82. The summed E-state index contributed by atoms with van der Waals surface area (Å²) >= 11 is 0. The first-order chi connectivity index (χ1) is 12.1. The van der Waals surface area contributed by atoms with Gasteiger partial charge in [0.15, 0.2) is 0 Å². The van der Waals surface area contributed by atoms with Crippen LogP contribution in [0.4, 0.5) is 0 Å². The summed E-state index contributed by atoms with van der Waals surface area (Å²) in [7, 11) is 0. The topological polar surface area (TPSA) is 72.6 Å². The van der Waals surface area contributed by atoms with Gasteiger partial charge in [-0.25, -0.2) is 0 Å². The van der Waals surface area contributed by atoms with Gasteiger partial charge in [-0.05, 0) is 49.6 Å². The van der Waals surface area contributed by atoms with E-state index in [-0.39, 0.29) is 12.0 Å². The zero-order valence-corrected chi connectivity index (χ0v) is 14.2. The molecule has 0 aromatic heterocycles. The van der Waals surface area contributed by atoms with E-state index in [9.17, 15) is 9.59 Å². The summed E-state index contributed by atoms with van der Waals surface area (Å²) in [6.45, 7) is 2.55. The summed E-state index contributed by atoms with van der Waals surface area (Å²) in [5.41, 5.74) is 7.01. The highest BCUT2D eigenvalue weighted by Gasteiger charge is 2.33. The van der Waals surface area contributed by atoms with Gasteiger partial charge < -0.3 is 15.4 Å². The van der Waals surface area contributed by atoms with E-state index in [1.54, 1.807) is 29.2 Å². The lowest BCUT2D eigenvalue weighted by atomic mass is 10.1. The van der Waals surface area contributed by atoms with E-state index in [2.05, 4.69) is 0 Å². The molecular formula is C20H22N2O3. The van der Waals surface area contributed by atoms with E-state index in [4.69, 9.17) is 10.5 Å². The number of ether oxygens (including phenoxy) is 1. The summed E-state index contributed by atoms with van der Waals surface area (Å²) in [5, 5.41) is 0. The number of amides is 2. The van der Waals surface area contributed by atoms with Crippen molar-refractivity contribution < 1.29 is 14.3 Å². The molecule has 0 unspecified atom stereocenters. The second kappa shape index (κ2) is 7.38. The number of carbonyl (C=O) groups is 2. The van der Waals surface area contributed by atoms with Crippen molar-refractivity contribution in [3.8, 4) is 5.75 Å². The molecule has 25 heavy (non-hydrogen) atoms. The van der Waals surface area contributed by atoms with Gasteiger partial charge in [-0.2, -0.15) is 0 Å². The molecule has 3 rings (SSSR count). The number of nitrogens with two attached hydrogens (primary N) is 1. The molecule has 2 aromatic rings. The van der Waals surface area contributed by atoms with Gasteiger partial charge in [0.05, 0.1) is 0 Å². The number of nitrogens with zero attached hydrogens (tertiary/aromatic N) is 1. The molecule has 0 radical (unpaired) electrons. The molecule has 130 valence electrons. The van der Waals surface area contributed by atoms with E-state index in [0.29, 0.717) is 24.3 Å². The SMILES string of the molecule is C[C@@H](Oc1ccc(C(=O)N2CCC[C@H]2C(N)=O)cc1)c1ccccc1. The van der Waals surface area contributed by atoms with E-state index in [1.165, 1.54) is 0 Å². The maximum absolute atomic E-state index is 12.6. The Kier molecular flexibility index (Phi) is 5.03. The predicted molar refractivity (Wildman–Crippen MR) is 95.2 cm³/mol. The maximum Gasteiger partial charge on any atom is 0.254 e. The number of primary amides is 1. The molecule has 5 nitrogen and oxygen atoms in total. The smallest absolute Gasteiger partial charge is 0.254 e. The Labute approximate surface area is 147 Å². The largest absolute Gasteiger partial charge is 0.486 e. The van der Waals surface area contributed by atoms with Crippen molar-refractivity contribution in [2.75, 3.05) is 6.54 Å². The third-order valence-electron chi connectivity index (χ3n) is 4.53. The lowest BCUT2D eigenvalue weighted by molar-refractivity contribution is -0.121. The van der Waals surface area contributed by atoms with Crippen LogP contribution in [0.1, 0.15) is 41.8 Å². The molecule has 0 spiro atoms. The van der Waals surface area contributed by atoms with Crippen LogP contribution in [0.25, 0.3) is 0 Å². The summed E-state index contributed by atoms with van der Waals surface area (Å²) in [4.78, 5) is 25.6. The third-order valence-corrected chi connectivity index (χ3v) is 4.53. The summed E-state index contributed by atoms with van der Waals surface area (Å²) < 4.78 is 5.92. The molecule has 2 N–H and O–H groups in total. The standard InChI is InChI=1S/C20H22N2O3/c1-14(15-6-3-2-4-7-15)25-17-11-9-16(10-12-17)20(24)22-13-5-8-18(22)19(21)23/h2-4,6-7,9-12,14,18H,5,8,13H2,1H3,(H2,21,23)/t14-,18+/m1/s1. The van der Waals surface area contributed by atoms with Gasteiger partial charge in [-0.3, -0.25) is 9.59 Å². The van der Waals surface area contributed by atoms with Gasteiger partial charge in [-0.15, -0.1) is 0 Å². The zero-order valence-electron chi connectivity index (χ0n) is 14.2. The van der Waals surface area contributed by atoms with E-state index in [0.717, 1.165) is 12.0 Å². The van der Waals surface area contributed by atoms with Crippen molar-refractivity contribution in [1.82, 2.24) is 4.90 Å². The molecular weight excluding hydrogens is 316 g/mol. The Bertz CT molecular complexity index is 743. The first-order valence-electron chi connectivity index (χ1n) is 8.48. The molecule has 1 aliphatic heterocycles. The van der Waals surface area contributed by atoms with Gasteiger partial charge in [-0.1, -0.05) is 30.3 Å². The molecule has 2 amide bonds. The van der Waals surface area contributed by atoms with Crippen LogP contribution >= 0.6 is 0 Å². The highest BCUT2D eigenvalue weighted by Crippen LogP contribution is 2.24. The Morgan fingerprint density at radius 2 is 1.80 bits per heavy atom. The summed E-state index contributed by atoms with van der Waals surface area (Å²) in [6, 6.07) is 16.5. The lowest BCUT2D eigenvalue weighted by Gasteiger charge is -2.22. The number of likely N-dealkylation sites (tertiary alicyclic amines) is 1. The number of carbonyl (C=O) groups excluding carboxylic acids is 2. The summed E-state index contributed by atoms with van der Waals surface area (Å²) in [5.74, 6) is 0.0900. The minimum Gasteiger partial charge on any atom is -0.486 e. The van der Waals surface area contributed by atoms with Gasteiger partial charge in [0.1, 0.15) is 17.9 Å². The molecule has 5 heteroatoms. The van der Waals surface area contributed by atoms with Crippen LogP contribution in [0.3, 0.4) is 0 Å². The predicted octanol–water partition coefficient (Wildman–Crippen LogP) is 2.92. The maximum atomic E-state index is 12.6. The van der Waals surface area contributed by atoms with Crippen LogP contribution in [0, 0.1) is 0 Å². The molecule has 1 heterocycles. The van der Waals surface area contributed by atoms with Crippen molar-refractivity contribution >= 4 is 11.8 Å². The lowest BCUT2D eigenvalue weighted by Crippen LogP contribution is -2.43. The van der Waals surface area contributed by atoms with Crippen LogP contribution in [-0.2, 0) is 4.79 Å². The van der Waals surface area contributed by atoms with Crippen LogP contribution in [-0.4, -0.2) is 29.3 Å². The van der Waals surface area contributed by atoms with Gasteiger partial charge >= 0.3 is 0 Å². The third kappa shape index (κ3) is 3.82. The average Bonchev–Trinajstić information content (AvgIpc) is 3.12. The molecule has 0 bridgehead atoms. The molecule has 1 fully saturated rings. The van der Waals surface area contributed by atoms with Gasteiger partial charge in [0, 0.05) is 12.1 Å². The summed E-state index contributed by atoms with van der Waals surface area (Å²) in [6.07, 6.45) is 1.35. The average molecular weight is 338 g/mol. The number of hydrogen-bond acceptors (Lipinski definition) is 3. The van der Waals surface area contributed by atoms with Crippen molar-refractivity contribution in [2.24, 2.45) is 5.73 Å². The molecule has 0 saturated carbocycles. The first kappa shape index (κ1) is 17.0. The van der Waals surface area contributed by atoms with E-state index >= 15 is 0 Å². The zero-order chi connectivity index (χ0) is 17.8. The number of rotatable bonds is 5. The minimum absolute atomic E-state index is 0.0828. The van der Waals surface area contributed by atoms with Crippen molar-refractivity contribution in [2.45, 2.75) is 31.9 Å². The van der Waals surface area contributed by atoms with Crippen LogP contribution in [0.2, 0.25) is 0 Å². The van der Waals surface area contributed by atoms with Crippen LogP contribution in [0.5, 0.6) is 5.75 Å². The van der Waals surface area contributed by atoms with E-state index < -0.39 is 11.9 Å². The van der Waals surface area contributed by atoms with Crippen LogP contribution < -0.4 is 10.5 Å². The fourth-order valence-corrected chi connectivity index (χ4v) is 3.14. The first-order valence-corrected chi connectivity index (χ1v) is 8.48. The van der Waals surface area contributed by atoms with Gasteiger partial charge in [0.2, 0.25) is 5.91 Å². The van der Waals surface area contributed by atoms with E-state index in [1.807, 2.05) is 37.3 Å². The molecule has 1 saturated heterocycles. The molecule has 1 aliphatic rings. The number of benzene rings is 2. The molecule has 2 atom stereocenters. The fraction of sp³-hybridized carbons (Fsp3) is 0.300. The van der Waals surface area contributed by atoms with Crippen LogP contribution in [0.15, 0.2) is 54.6 Å². The second-order valence-corrected chi connectivity index (χ2v) is 6.25. The Morgan fingerprint density at radius 3 is 2.44 bits per heavy atom. The van der Waals surface area contributed by atoms with Crippen molar-refractivity contribution in [3.05, 3.63) is 65.7 Å². The second-order valence-electron chi connectivity index (χ2n) is 6.25. The highest BCUT2D eigenvalue weighted by atomic mass is 16.5. The van der Waals surface area contributed by atoms with Gasteiger partial charge in [0.25, 0.3) is 5.91 Å². The van der Waals surface area contributed by atoms with Crippen molar-refractivity contribution in [1.29, 1.82) is 0 Å². The normalized spacial score (nSPS) is 18.0. The highest BCUT2D eigenvalue weighted by molar-refractivity contribution is 5.97. The number of hydrogen-bond donors (Lipinski definition) is 1. The fourth-order valence-electron chi connectivity index (χ4n) is 3.14. The minimum atomic E-state index is -0.499. The Balaban J connectivity index is 1.68. The molecule has 0 aliphatic carbocycles. The van der Waals surface area contributed by atoms with Crippen molar-refractivity contribution in [3.63, 3.8) is 0 Å². The monoisotopic (exact) mass is 338 g/mol. The molecule has 2 aromatic carbocycles.